The van der Waals surface area contributed by atoms with Gasteiger partial charge in [-0.1, -0.05) is 23.2 Å². The fourth-order valence-corrected chi connectivity index (χ4v) is 4.72. The lowest BCUT2D eigenvalue weighted by Crippen LogP contribution is -2.40. The minimum atomic E-state index is -3.89. The standard InChI is InChI=1S/C19H17Cl2NO6S/c20-15-4-1-13(2-5-15)17(23)12-28-19(24)14-3-6-16(21)18(11-14)29(25,26)22-7-9-27-10-8-22/h1-6,11H,7-10,12H2. The molecule has 7 nitrogen and oxygen atoms in total. The smallest absolute Gasteiger partial charge is 0.338 e. The SMILES string of the molecule is O=C(COC(=O)c1ccc(Cl)c(S(=O)(=O)N2CCOCC2)c1)c1ccc(Cl)cc1. The number of hydrogen-bond acceptors (Lipinski definition) is 6. The first-order valence-electron chi connectivity index (χ1n) is 8.62. The molecule has 1 saturated heterocycles. The van der Waals surface area contributed by atoms with Gasteiger partial charge in [0.25, 0.3) is 0 Å². The number of rotatable bonds is 6. The van der Waals surface area contributed by atoms with Crippen molar-refractivity contribution in [1.29, 1.82) is 0 Å². The van der Waals surface area contributed by atoms with E-state index in [1.807, 2.05) is 0 Å². The number of carbonyl (C=O) groups is 2. The quantitative estimate of drug-likeness (QED) is 0.488. The summed E-state index contributed by atoms with van der Waals surface area (Å²) in [4.78, 5) is 24.3. The Labute approximate surface area is 178 Å². The maximum atomic E-state index is 12.8. The van der Waals surface area contributed by atoms with Crippen LogP contribution in [0.4, 0.5) is 0 Å². The number of morpholine rings is 1. The van der Waals surface area contributed by atoms with Gasteiger partial charge in [-0.05, 0) is 42.5 Å². The van der Waals surface area contributed by atoms with Gasteiger partial charge in [0.2, 0.25) is 10.0 Å². The number of ether oxygens (including phenoxy) is 2. The first-order valence-corrected chi connectivity index (χ1v) is 10.8. The number of hydrogen-bond donors (Lipinski definition) is 0. The second kappa shape index (κ2) is 9.23. The van der Waals surface area contributed by atoms with Gasteiger partial charge in [-0.25, -0.2) is 13.2 Å². The number of esters is 1. The Bertz CT molecular complexity index is 1020. The Morgan fingerprint density at radius 1 is 1.00 bits per heavy atom. The highest BCUT2D eigenvalue weighted by Crippen LogP contribution is 2.27. The number of ketones is 1. The minimum Gasteiger partial charge on any atom is -0.454 e. The van der Waals surface area contributed by atoms with Gasteiger partial charge in [0.15, 0.2) is 12.4 Å². The molecule has 0 N–H and O–H groups in total. The predicted molar refractivity (Wildman–Crippen MR) is 107 cm³/mol. The highest BCUT2D eigenvalue weighted by molar-refractivity contribution is 7.89. The normalized spacial score (nSPS) is 15.1. The van der Waals surface area contributed by atoms with Gasteiger partial charge in [0, 0.05) is 23.7 Å². The molecule has 0 saturated carbocycles. The zero-order valence-electron chi connectivity index (χ0n) is 15.1. The summed E-state index contributed by atoms with van der Waals surface area (Å²) >= 11 is 11.8. The Hall–Kier alpha value is -1.97. The number of halogens is 2. The fourth-order valence-electron chi connectivity index (χ4n) is 2.69. The molecule has 0 amide bonds. The number of nitrogens with zero attached hydrogens (tertiary/aromatic N) is 1. The van der Waals surface area contributed by atoms with E-state index in [1.54, 1.807) is 12.1 Å². The van der Waals surface area contributed by atoms with Crippen LogP contribution < -0.4 is 0 Å². The molecule has 154 valence electrons. The summed E-state index contributed by atoms with van der Waals surface area (Å²) in [5, 5.41) is 0.471. The van der Waals surface area contributed by atoms with Crippen LogP contribution in [0.15, 0.2) is 47.4 Å². The van der Waals surface area contributed by atoms with E-state index < -0.39 is 28.4 Å². The third kappa shape index (κ3) is 5.15. The summed E-state index contributed by atoms with van der Waals surface area (Å²) < 4.78 is 37.1. The van der Waals surface area contributed by atoms with Crippen LogP contribution in [0.3, 0.4) is 0 Å². The molecule has 0 aliphatic carbocycles. The lowest BCUT2D eigenvalue weighted by atomic mass is 10.1. The Balaban J connectivity index is 1.73. The lowest BCUT2D eigenvalue weighted by Gasteiger charge is -2.26. The van der Waals surface area contributed by atoms with E-state index >= 15 is 0 Å². The van der Waals surface area contributed by atoms with Crippen molar-refractivity contribution in [3.8, 4) is 0 Å². The number of sulfonamides is 1. The largest absolute Gasteiger partial charge is 0.454 e. The Morgan fingerprint density at radius 3 is 2.28 bits per heavy atom. The van der Waals surface area contributed by atoms with Gasteiger partial charge >= 0.3 is 5.97 Å². The average molecular weight is 458 g/mol. The minimum absolute atomic E-state index is 0.00900. The lowest BCUT2D eigenvalue weighted by molar-refractivity contribution is 0.0474. The summed E-state index contributed by atoms with van der Waals surface area (Å²) in [6.45, 7) is 0.470. The molecule has 3 rings (SSSR count). The topological polar surface area (TPSA) is 90.0 Å². The second-order valence-corrected chi connectivity index (χ2v) is 8.92. The summed E-state index contributed by atoms with van der Waals surface area (Å²) in [6, 6.07) is 9.96. The molecule has 1 aliphatic heterocycles. The monoisotopic (exact) mass is 457 g/mol. The van der Waals surface area contributed by atoms with Gasteiger partial charge < -0.3 is 9.47 Å². The van der Waals surface area contributed by atoms with E-state index in [9.17, 15) is 18.0 Å². The van der Waals surface area contributed by atoms with Gasteiger partial charge in [-0.2, -0.15) is 4.31 Å². The van der Waals surface area contributed by atoms with E-state index in [4.69, 9.17) is 32.7 Å². The summed E-state index contributed by atoms with van der Waals surface area (Å²) in [6.07, 6.45) is 0. The van der Waals surface area contributed by atoms with Crippen molar-refractivity contribution in [3.05, 3.63) is 63.6 Å². The first-order chi connectivity index (χ1) is 13.8. The summed E-state index contributed by atoms with van der Waals surface area (Å²) in [5.41, 5.74) is 0.319. The van der Waals surface area contributed by atoms with Crippen molar-refractivity contribution in [2.45, 2.75) is 4.90 Å². The molecule has 0 atom stereocenters. The van der Waals surface area contributed by atoms with Crippen molar-refractivity contribution < 1.29 is 27.5 Å². The van der Waals surface area contributed by atoms with Crippen LogP contribution in [0.25, 0.3) is 0 Å². The van der Waals surface area contributed by atoms with Crippen LogP contribution in [0.1, 0.15) is 20.7 Å². The van der Waals surface area contributed by atoms with Gasteiger partial charge in [-0.3, -0.25) is 4.79 Å². The molecule has 1 heterocycles. The van der Waals surface area contributed by atoms with Crippen LogP contribution in [-0.2, 0) is 19.5 Å². The first kappa shape index (κ1) is 21.7. The van der Waals surface area contributed by atoms with Crippen molar-refractivity contribution in [2.75, 3.05) is 32.9 Å². The van der Waals surface area contributed by atoms with Crippen LogP contribution in [0, 0.1) is 0 Å². The Kier molecular flexibility index (Phi) is 6.92. The molecule has 0 unspecified atom stereocenters. The van der Waals surface area contributed by atoms with Crippen molar-refractivity contribution in [3.63, 3.8) is 0 Å². The molecule has 2 aromatic carbocycles. The average Bonchev–Trinajstić information content (AvgIpc) is 2.73. The molecule has 1 fully saturated rings. The summed E-state index contributed by atoms with van der Waals surface area (Å²) in [7, 11) is -3.89. The molecule has 0 aromatic heterocycles. The molecule has 2 aromatic rings. The van der Waals surface area contributed by atoms with Gasteiger partial charge in [-0.15, -0.1) is 0 Å². The maximum absolute atomic E-state index is 12.8. The number of benzene rings is 2. The van der Waals surface area contributed by atoms with Crippen molar-refractivity contribution in [1.82, 2.24) is 4.31 Å². The van der Waals surface area contributed by atoms with E-state index in [0.717, 1.165) is 6.07 Å². The predicted octanol–water partition coefficient (Wildman–Crippen LogP) is 3.05. The molecular weight excluding hydrogens is 441 g/mol. The summed E-state index contributed by atoms with van der Waals surface area (Å²) in [5.74, 6) is -1.24. The number of carbonyl (C=O) groups excluding carboxylic acids is 2. The molecule has 0 bridgehead atoms. The van der Waals surface area contributed by atoms with E-state index in [2.05, 4.69) is 0 Å². The van der Waals surface area contributed by atoms with Gasteiger partial charge in [0.05, 0.1) is 23.8 Å². The van der Waals surface area contributed by atoms with Gasteiger partial charge in [0.1, 0.15) is 4.90 Å². The third-order valence-electron chi connectivity index (χ3n) is 4.26. The zero-order valence-corrected chi connectivity index (χ0v) is 17.5. The van der Waals surface area contributed by atoms with Crippen molar-refractivity contribution in [2.24, 2.45) is 0 Å². The zero-order chi connectivity index (χ0) is 21.0. The molecule has 0 spiro atoms. The molecule has 1 aliphatic rings. The van der Waals surface area contributed by atoms with Crippen LogP contribution >= 0.6 is 23.2 Å². The molecule has 29 heavy (non-hydrogen) atoms. The highest BCUT2D eigenvalue weighted by Gasteiger charge is 2.29. The van der Waals surface area contributed by atoms with Crippen LogP contribution in [-0.4, -0.2) is 57.4 Å². The molecular formula is C19H17Cl2NO6S. The fraction of sp³-hybridized carbons (Fsp3) is 0.263. The highest BCUT2D eigenvalue weighted by atomic mass is 35.5. The second-order valence-electron chi connectivity index (χ2n) is 6.17. The van der Waals surface area contributed by atoms with E-state index in [0.29, 0.717) is 10.6 Å². The third-order valence-corrected chi connectivity index (χ3v) is 6.89. The van der Waals surface area contributed by atoms with Crippen molar-refractivity contribution >= 4 is 45.0 Å². The Morgan fingerprint density at radius 2 is 1.62 bits per heavy atom. The molecule has 10 heteroatoms. The van der Waals surface area contributed by atoms with E-state index in [-0.39, 0.29) is 41.8 Å². The maximum Gasteiger partial charge on any atom is 0.338 e. The van der Waals surface area contributed by atoms with Crippen LogP contribution in [0.5, 0.6) is 0 Å². The van der Waals surface area contributed by atoms with E-state index in [1.165, 1.54) is 28.6 Å². The van der Waals surface area contributed by atoms with Crippen LogP contribution in [0.2, 0.25) is 10.0 Å². The molecule has 0 radical (unpaired) electrons. The number of Topliss-reactive ketones (excluding diaryl/α,β-unsaturated/α-hetero) is 1.